The molecule has 0 aliphatic rings. The first-order valence-electron chi connectivity index (χ1n) is 9.13. The van der Waals surface area contributed by atoms with Crippen molar-refractivity contribution < 1.29 is 32.2 Å². The average molecular weight is 440 g/mol. The molecule has 0 aromatic heterocycles. The molecule has 0 aliphatic carbocycles. The largest absolute Gasteiger partial charge is 0.463 e. The SMILES string of the molecule is CCC(C)OC(=O)Nc1cccc(C(F)(F)F)c1.CCC(C)OC(C)=O.CSC. The lowest BCUT2D eigenvalue weighted by atomic mass is 10.2. The van der Waals surface area contributed by atoms with Gasteiger partial charge in [0, 0.05) is 12.6 Å². The summed E-state index contributed by atoms with van der Waals surface area (Å²) in [6.45, 7) is 8.81. The third kappa shape index (κ3) is 16.7. The topological polar surface area (TPSA) is 64.6 Å². The second-order valence-corrected chi connectivity index (χ2v) is 6.88. The first kappa shape index (κ1) is 29.3. The van der Waals surface area contributed by atoms with E-state index in [0.29, 0.717) is 6.42 Å². The lowest BCUT2D eigenvalue weighted by Crippen LogP contribution is -2.19. The third-order valence-corrected chi connectivity index (χ3v) is 3.26. The predicted molar refractivity (Wildman–Crippen MR) is 112 cm³/mol. The van der Waals surface area contributed by atoms with Gasteiger partial charge in [-0.15, -0.1) is 0 Å². The molecule has 1 rings (SSSR count). The summed E-state index contributed by atoms with van der Waals surface area (Å²) in [5.74, 6) is -0.195. The number of carbonyl (C=O) groups is 2. The van der Waals surface area contributed by atoms with E-state index in [1.165, 1.54) is 19.1 Å². The second-order valence-electron chi connectivity index (χ2n) is 6.06. The van der Waals surface area contributed by atoms with E-state index in [-0.39, 0.29) is 23.9 Å². The van der Waals surface area contributed by atoms with Crippen LogP contribution in [0.4, 0.5) is 23.7 Å². The lowest BCUT2D eigenvalue weighted by Gasteiger charge is -2.13. The van der Waals surface area contributed by atoms with Crippen molar-refractivity contribution in [2.45, 2.75) is 65.8 Å². The van der Waals surface area contributed by atoms with Crippen molar-refractivity contribution in [3.05, 3.63) is 29.8 Å². The van der Waals surface area contributed by atoms with Crippen molar-refractivity contribution >= 4 is 29.5 Å². The summed E-state index contributed by atoms with van der Waals surface area (Å²) in [7, 11) is 0. The minimum Gasteiger partial charge on any atom is -0.463 e. The maximum absolute atomic E-state index is 12.4. The number of nitrogens with one attached hydrogen (secondary N) is 1. The van der Waals surface area contributed by atoms with Crippen molar-refractivity contribution in [1.82, 2.24) is 0 Å². The van der Waals surface area contributed by atoms with Crippen LogP contribution in [0, 0.1) is 0 Å². The number of thioether (sulfide) groups is 1. The molecule has 5 nitrogen and oxygen atoms in total. The molecule has 2 unspecified atom stereocenters. The smallest absolute Gasteiger partial charge is 0.416 e. The molecule has 0 bridgehead atoms. The Morgan fingerprint density at radius 3 is 1.93 bits per heavy atom. The number of hydrogen-bond acceptors (Lipinski definition) is 5. The van der Waals surface area contributed by atoms with Crippen molar-refractivity contribution in [1.29, 1.82) is 0 Å². The van der Waals surface area contributed by atoms with Gasteiger partial charge in [-0.2, -0.15) is 24.9 Å². The summed E-state index contributed by atoms with van der Waals surface area (Å²) in [5.41, 5.74) is -0.762. The summed E-state index contributed by atoms with van der Waals surface area (Å²) >= 11 is 1.75. The standard InChI is InChI=1S/C12H14F3NO2.C6H12O2.C2H6S/c1-3-8(2)18-11(17)16-10-6-4-5-9(7-10)12(13,14)15;1-4-5(2)8-6(3)7;1-3-2/h4-8H,3H2,1-2H3,(H,16,17);5H,4H2,1-3H3;1-2H3. The Morgan fingerprint density at radius 1 is 1.07 bits per heavy atom. The Morgan fingerprint density at radius 2 is 1.55 bits per heavy atom. The highest BCUT2D eigenvalue weighted by atomic mass is 32.2. The van der Waals surface area contributed by atoms with Crippen LogP contribution in [0.1, 0.15) is 53.0 Å². The number of carbonyl (C=O) groups excluding carboxylic acids is 2. The molecular weight excluding hydrogens is 407 g/mol. The number of esters is 1. The minimum absolute atomic E-state index is 0.0538. The van der Waals surface area contributed by atoms with E-state index in [1.807, 2.05) is 33.3 Å². The normalized spacial score (nSPS) is 12.2. The van der Waals surface area contributed by atoms with E-state index in [1.54, 1.807) is 18.7 Å². The van der Waals surface area contributed by atoms with Gasteiger partial charge in [0.15, 0.2) is 0 Å². The summed E-state index contributed by atoms with van der Waals surface area (Å²) in [6, 6.07) is 4.39. The van der Waals surface area contributed by atoms with Gasteiger partial charge in [-0.3, -0.25) is 10.1 Å². The number of benzene rings is 1. The molecule has 0 fully saturated rings. The Kier molecular flexibility index (Phi) is 16.1. The van der Waals surface area contributed by atoms with Crippen LogP contribution in [0.15, 0.2) is 24.3 Å². The Hall–Kier alpha value is -1.90. The minimum atomic E-state index is -4.43. The van der Waals surface area contributed by atoms with Crippen LogP contribution < -0.4 is 5.32 Å². The quantitative estimate of drug-likeness (QED) is 0.539. The van der Waals surface area contributed by atoms with E-state index in [2.05, 4.69) is 5.32 Å². The van der Waals surface area contributed by atoms with Crippen LogP contribution in [0.3, 0.4) is 0 Å². The fourth-order valence-corrected chi connectivity index (χ4v) is 1.55. The van der Waals surface area contributed by atoms with Crippen LogP contribution in [0.2, 0.25) is 0 Å². The van der Waals surface area contributed by atoms with E-state index >= 15 is 0 Å². The second kappa shape index (κ2) is 16.0. The van der Waals surface area contributed by atoms with Crippen molar-refractivity contribution in [2.75, 3.05) is 17.8 Å². The monoisotopic (exact) mass is 439 g/mol. The molecule has 1 aromatic rings. The fourth-order valence-electron chi connectivity index (χ4n) is 1.55. The van der Waals surface area contributed by atoms with E-state index in [4.69, 9.17) is 9.47 Å². The highest BCUT2D eigenvalue weighted by molar-refractivity contribution is 7.97. The highest BCUT2D eigenvalue weighted by Crippen LogP contribution is 2.30. The molecule has 0 radical (unpaired) electrons. The number of ether oxygens (including phenoxy) is 2. The maximum atomic E-state index is 12.4. The molecule has 1 amide bonds. The lowest BCUT2D eigenvalue weighted by molar-refractivity contribution is -0.145. The zero-order valence-electron chi connectivity index (χ0n) is 18.1. The zero-order valence-corrected chi connectivity index (χ0v) is 18.9. The van der Waals surface area contributed by atoms with Crippen LogP contribution in [0.25, 0.3) is 0 Å². The third-order valence-electron chi connectivity index (χ3n) is 3.26. The molecule has 1 aromatic carbocycles. The molecule has 2 atom stereocenters. The van der Waals surface area contributed by atoms with Crippen molar-refractivity contribution in [3.8, 4) is 0 Å². The average Bonchev–Trinajstić information content (AvgIpc) is 2.61. The molecule has 0 saturated heterocycles. The molecule has 1 N–H and O–H groups in total. The molecule has 0 spiro atoms. The summed E-state index contributed by atoms with van der Waals surface area (Å²) in [6.07, 6.45) is 0.209. The van der Waals surface area contributed by atoms with Crippen molar-refractivity contribution in [3.63, 3.8) is 0 Å². The molecule has 168 valence electrons. The molecule has 0 aliphatic heterocycles. The molecule has 29 heavy (non-hydrogen) atoms. The number of halogens is 3. The Balaban J connectivity index is 0. The number of hydrogen-bond donors (Lipinski definition) is 1. The van der Waals surface area contributed by atoms with Crippen LogP contribution >= 0.6 is 11.8 Å². The van der Waals surface area contributed by atoms with Gasteiger partial charge < -0.3 is 9.47 Å². The van der Waals surface area contributed by atoms with Crippen LogP contribution in [0.5, 0.6) is 0 Å². The van der Waals surface area contributed by atoms with E-state index in [9.17, 15) is 22.8 Å². The number of anilines is 1. The summed E-state index contributed by atoms with van der Waals surface area (Å²) < 4.78 is 46.9. The molecule has 0 heterocycles. The van der Waals surface area contributed by atoms with Gasteiger partial charge in [0.1, 0.15) is 6.10 Å². The zero-order chi connectivity index (χ0) is 23.0. The number of amides is 1. The van der Waals surface area contributed by atoms with Gasteiger partial charge in [-0.25, -0.2) is 4.79 Å². The number of rotatable bonds is 5. The first-order valence-corrected chi connectivity index (χ1v) is 10.8. The van der Waals surface area contributed by atoms with Gasteiger partial charge in [-0.05, 0) is 57.4 Å². The highest BCUT2D eigenvalue weighted by Gasteiger charge is 2.30. The van der Waals surface area contributed by atoms with Crippen LogP contribution in [-0.2, 0) is 20.4 Å². The van der Waals surface area contributed by atoms with Gasteiger partial charge in [0.05, 0.1) is 11.7 Å². The van der Waals surface area contributed by atoms with Gasteiger partial charge in [0.2, 0.25) is 0 Å². The van der Waals surface area contributed by atoms with Crippen LogP contribution in [-0.4, -0.2) is 36.8 Å². The van der Waals surface area contributed by atoms with Gasteiger partial charge >= 0.3 is 18.2 Å². The van der Waals surface area contributed by atoms with E-state index in [0.717, 1.165) is 18.6 Å². The van der Waals surface area contributed by atoms with E-state index < -0.39 is 17.8 Å². The molecular formula is C20H32F3NO4S. The van der Waals surface area contributed by atoms with Gasteiger partial charge in [-0.1, -0.05) is 19.9 Å². The maximum Gasteiger partial charge on any atom is 0.416 e. The Bertz CT molecular complexity index is 597. The fraction of sp³-hybridized carbons (Fsp3) is 0.600. The summed E-state index contributed by atoms with van der Waals surface area (Å²) in [5, 5.41) is 2.26. The summed E-state index contributed by atoms with van der Waals surface area (Å²) in [4.78, 5) is 21.5. The molecule has 9 heteroatoms. The Labute approximate surface area is 175 Å². The number of alkyl halides is 3. The van der Waals surface area contributed by atoms with Gasteiger partial charge in [0.25, 0.3) is 0 Å². The predicted octanol–water partition coefficient (Wildman–Crippen LogP) is 6.38. The molecule has 0 saturated carbocycles. The first-order chi connectivity index (χ1) is 13.4. The van der Waals surface area contributed by atoms with Crippen molar-refractivity contribution in [2.24, 2.45) is 0 Å².